The molecule has 21 heavy (non-hydrogen) atoms. The first-order valence-electron chi connectivity index (χ1n) is 7.04. The summed E-state index contributed by atoms with van der Waals surface area (Å²) in [6.45, 7) is 3.43. The van der Waals surface area contributed by atoms with Gasteiger partial charge in [-0.2, -0.15) is 0 Å². The second-order valence-corrected chi connectivity index (χ2v) is 5.31. The fourth-order valence-electron chi connectivity index (χ4n) is 2.75. The Morgan fingerprint density at radius 2 is 2.05 bits per heavy atom. The Hall–Kier alpha value is -1.95. The normalized spacial score (nSPS) is 17.2. The minimum Gasteiger partial charge on any atom is -0.478 e. The van der Waals surface area contributed by atoms with Crippen molar-refractivity contribution in [1.82, 2.24) is 5.32 Å². The van der Waals surface area contributed by atoms with Crippen LogP contribution in [0, 0.1) is 11.2 Å². The van der Waals surface area contributed by atoms with Crippen molar-refractivity contribution in [2.45, 2.75) is 26.2 Å². The number of carbonyl (C=O) groups excluding carboxylic acids is 1. The molecule has 3 N–H and O–H groups in total. The molecule has 0 bridgehead atoms. The maximum atomic E-state index is 13.6. The number of piperidine rings is 1. The summed E-state index contributed by atoms with van der Waals surface area (Å²) >= 11 is 0. The van der Waals surface area contributed by atoms with Gasteiger partial charge in [0.2, 0.25) is 5.91 Å². The predicted octanol–water partition coefficient (Wildman–Crippen LogP) is 2.24. The molecular formula is C15H19FN2O3. The third kappa shape index (κ3) is 3.05. The van der Waals surface area contributed by atoms with E-state index in [1.807, 2.05) is 6.92 Å². The topological polar surface area (TPSA) is 78.4 Å². The SMILES string of the molecule is CCC1(C(=O)Nc2cccc(F)c2C(=O)O)CCNCC1. The molecule has 1 aliphatic heterocycles. The number of nitrogens with one attached hydrogen (secondary N) is 2. The van der Waals surface area contributed by atoms with Crippen molar-refractivity contribution in [2.24, 2.45) is 5.41 Å². The zero-order valence-electron chi connectivity index (χ0n) is 11.9. The quantitative estimate of drug-likeness (QED) is 0.796. The molecule has 0 radical (unpaired) electrons. The average molecular weight is 294 g/mol. The van der Waals surface area contributed by atoms with Crippen LogP contribution in [0.3, 0.4) is 0 Å². The van der Waals surface area contributed by atoms with E-state index in [1.165, 1.54) is 12.1 Å². The van der Waals surface area contributed by atoms with E-state index in [0.717, 1.165) is 19.2 Å². The molecule has 6 heteroatoms. The number of rotatable bonds is 4. The molecular weight excluding hydrogens is 275 g/mol. The van der Waals surface area contributed by atoms with Crippen LogP contribution in [0.25, 0.3) is 0 Å². The third-order valence-corrected chi connectivity index (χ3v) is 4.19. The Morgan fingerprint density at radius 1 is 1.38 bits per heavy atom. The summed E-state index contributed by atoms with van der Waals surface area (Å²) in [7, 11) is 0. The Labute approximate surface area is 122 Å². The fraction of sp³-hybridized carbons (Fsp3) is 0.467. The van der Waals surface area contributed by atoms with Gasteiger partial charge in [-0.25, -0.2) is 9.18 Å². The molecule has 0 saturated carbocycles. The monoisotopic (exact) mass is 294 g/mol. The van der Waals surface area contributed by atoms with E-state index in [0.29, 0.717) is 19.3 Å². The molecule has 0 atom stereocenters. The lowest BCUT2D eigenvalue weighted by molar-refractivity contribution is -0.127. The maximum absolute atomic E-state index is 13.6. The van der Waals surface area contributed by atoms with E-state index in [2.05, 4.69) is 10.6 Å². The molecule has 1 amide bonds. The molecule has 1 heterocycles. The first kappa shape index (κ1) is 15.4. The minimum absolute atomic E-state index is 0.0128. The van der Waals surface area contributed by atoms with Gasteiger partial charge >= 0.3 is 5.97 Å². The van der Waals surface area contributed by atoms with Gasteiger partial charge in [-0.3, -0.25) is 4.79 Å². The Balaban J connectivity index is 2.27. The number of amides is 1. The van der Waals surface area contributed by atoms with Crippen LogP contribution in [0.15, 0.2) is 18.2 Å². The van der Waals surface area contributed by atoms with Crippen LogP contribution in [0.4, 0.5) is 10.1 Å². The molecule has 2 rings (SSSR count). The van der Waals surface area contributed by atoms with Crippen LogP contribution in [-0.2, 0) is 4.79 Å². The lowest BCUT2D eigenvalue weighted by Gasteiger charge is -2.35. The first-order valence-corrected chi connectivity index (χ1v) is 7.04. The van der Waals surface area contributed by atoms with Crippen LogP contribution in [-0.4, -0.2) is 30.1 Å². The van der Waals surface area contributed by atoms with Crippen LogP contribution < -0.4 is 10.6 Å². The molecule has 5 nitrogen and oxygen atoms in total. The number of aromatic carboxylic acids is 1. The van der Waals surface area contributed by atoms with Gasteiger partial charge in [-0.1, -0.05) is 13.0 Å². The van der Waals surface area contributed by atoms with Crippen LogP contribution in [0.5, 0.6) is 0 Å². The standard InChI is InChI=1S/C15H19FN2O3/c1-2-15(6-8-17-9-7-15)14(21)18-11-5-3-4-10(16)12(11)13(19)20/h3-5,17H,2,6-9H2,1H3,(H,18,21)(H,19,20). The van der Waals surface area contributed by atoms with Crippen molar-refractivity contribution >= 4 is 17.6 Å². The highest BCUT2D eigenvalue weighted by Crippen LogP contribution is 2.34. The highest BCUT2D eigenvalue weighted by Gasteiger charge is 2.38. The third-order valence-electron chi connectivity index (χ3n) is 4.19. The van der Waals surface area contributed by atoms with Crippen molar-refractivity contribution in [3.8, 4) is 0 Å². The number of carboxylic acids is 1. The molecule has 0 unspecified atom stereocenters. The molecule has 0 aliphatic carbocycles. The van der Waals surface area contributed by atoms with Gasteiger partial charge in [-0.05, 0) is 44.5 Å². The van der Waals surface area contributed by atoms with Gasteiger partial charge in [0.05, 0.1) is 11.1 Å². The zero-order chi connectivity index (χ0) is 15.5. The molecule has 0 aromatic heterocycles. The largest absolute Gasteiger partial charge is 0.478 e. The lowest BCUT2D eigenvalue weighted by Crippen LogP contribution is -2.44. The number of hydrogen-bond donors (Lipinski definition) is 3. The van der Waals surface area contributed by atoms with Crippen molar-refractivity contribution in [3.05, 3.63) is 29.6 Å². The van der Waals surface area contributed by atoms with E-state index in [1.54, 1.807) is 0 Å². The summed E-state index contributed by atoms with van der Waals surface area (Å²) in [6, 6.07) is 3.87. The van der Waals surface area contributed by atoms with E-state index in [9.17, 15) is 14.0 Å². The minimum atomic E-state index is -1.39. The number of anilines is 1. The second kappa shape index (κ2) is 6.22. The van der Waals surface area contributed by atoms with Crippen LogP contribution >= 0.6 is 0 Å². The Kier molecular flexibility index (Phi) is 4.57. The van der Waals surface area contributed by atoms with Crippen molar-refractivity contribution in [3.63, 3.8) is 0 Å². The van der Waals surface area contributed by atoms with Gasteiger partial charge in [0.15, 0.2) is 0 Å². The van der Waals surface area contributed by atoms with Gasteiger partial charge in [0, 0.05) is 0 Å². The van der Waals surface area contributed by atoms with Crippen molar-refractivity contribution in [1.29, 1.82) is 0 Å². The first-order chi connectivity index (χ1) is 10.00. The van der Waals surface area contributed by atoms with Gasteiger partial charge in [0.25, 0.3) is 0 Å². The van der Waals surface area contributed by atoms with Crippen molar-refractivity contribution in [2.75, 3.05) is 18.4 Å². The molecule has 1 aromatic carbocycles. The van der Waals surface area contributed by atoms with E-state index in [4.69, 9.17) is 5.11 Å². The highest BCUT2D eigenvalue weighted by atomic mass is 19.1. The van der Waals surface area contributed by atoms with E-state index in [-0.39, 0.29) is 11.6 Å². The number of carboxylic acid groups (broad SMARTS) is 1. The second-order valence-electron chi connectivity index (χ2n) is 5.31. The van der Waals surface area contributed by atoms with E-state index < -0.39 is 22.8 Å². The molecule has 1 aliphatic rings. The van der Waals surface area contributed by atoms with Crippen LogP contribution in [0.1, 0.15) is 36.5 Å². The number of carbonyl (C=O) groups is 2. The summed E-state index contributed by atoms with van der Waals surface area (Å²) in [5.41, 5.74) is -1.00. The molecule has 1 aromatic rings. The summed E-state index contributed by atoms with van der Waals surface area (Å²) < 4.78 is 13.6. The van der Waals surface area contributed by atoms with E-state index >= 15 is 0 Å². The number of hydrogen-bond acceptors (Lipinski definition) is 3. The van der Waals surface area contributed by atoms with Gasteiger partial charge in [-0.15, -0.1) is 0 Å². The number of halogens is 1. The zero-order valence-corrected chi connectivity index (χ0v) is 11.9. The summed E-state index contributed by atoms with van der Waals surface area (Å²) in [5, 5.41) is 14.9. The molecule has 0 spiro atoms. The molecule has 114 valence electrons. The van der Waals surface area contributed by atoms with Gasteiger partial charge in [0.1, 0.15) is 11.4 Å². The smallest absolute Gasteiger partial charge is 0.340 e. The Bertz CT molecular complexity index is 554. The fourth-order valence-corrected chi connectivity index (χ4v) is 2.75. The van der Waals surface area contributed by atoms with Crippen LogP contribution in [0.2, 0.25) is 0 Å². The summed E-state index contributed by atoms with van der Waals surface area (Å²) in [6.07, 6.45) is 2.04. The molecule has 1 saturated heterocycles. The predicted molar refractivity (Wildman–Crippen MR) is 76.8 cm³/mol. The van der Waals surface area contributed by atoms with Gasteiger partial charge < -0.3 is 15.7 Å². The summed E-state index contributed by atoms with van der Waals surface area (Å²) in [5.74, 6) is -2.48. The lowest BCUT2D eigenvalue weighted by atomic mass is 9.76. The van der Waals surface area contributed by atoms with Crippen molar-refractivity contribution < 1.29 is 19.1 Å². The molecule has 1 fully saturated rings. The maximum Gasteiger partial charge on any atom is 0.340 e. The summed E-state index contributed by atoms with van der Waals surface area (Å²) in [4.78, 5) is 23.7. The average Bonchev–Trinajstić information content (AvgIpc) is 2.47. The highest BCUT2D eigenvalue weighted by molar-refractivity contribution is 6.02. The number of benzene rings is 1. The Morgan fingerprint density at radius 3 is 2.62 bits per heavy atom.